The summed E-state index contributed by atoms with van der Waals surface area (Å²) < 4.78 is 3.96. The summed E-state index contributed by atoms with van der Waals surface area (Å²) in [5, 5.41) is 11.2. The second-order valence-corrected chi connectivity index (χ2v) is 5.33. The fraction of sp³-hybridized carbons (Fsp3) is 0.200. The molecule has 1 amide bonds. The molecule has 2 aromatic heterocycles. The van der Waals surface area contributed by atoms with E-state index in [9.17, 15) is 9.59 Å². The molecule has 0 saturated heterocycles. The Kier molecular flexibility index (Phi) is 3.49. The van der Waals surface area contributed by atoms with Gasteiger partial charge in [0.05, 0.1) is 5.69 Å². The lowest BCUT2D eigenvalue weighted by Gasteiger charge is -2.14. The summed E-state index contributed by atoms with van der Waals surface area (Å²) >= 11 is 2.11. The third-order valence-corrected chi connectivity index (χ3v) is 4.10. The van der Waals surface area contributed by atoms with Gasteiger partial charge in [0.25, 0.3) is 5.91 Å². The maximum atomic E-state index is 12.1. The Labute approximate surface area is 116 Å². The average Bonchev–Trinajstić information content (AvgIpc) is 2.93. The Hall–Kier alpha value is -2.00. The van der Waals surface area contributed by atoms with Crippen LogP contribution in [-0.4, -0.2) is 33.4 Å². The first kappa shape index (κ1) is 13.4. The van der Waals surface area contributed by atoms with E-state index in [-0.39, 0.29) is 21.4 Å². The first-order chi connectivity index (χ1) is 8.91. The summed E-state index contributed by atoms with van der Waals surface area (Å²) in [5.41, 5.74) is 6.07. The van der Waals surface area contributed by atoms with Crippen molar-refractivity contribution in [3.63, 3.8) is 0 Å². The second kappa shape index (κ2) is 4.94. The molecule has 0 bridgehead atoms. The van der Waals surface area contributed by atoms with Crippen LogP contribution in [0.3, 0.4) is 0 Å². The number of amides is 1. The van der Waals surface area contributed by atoms with Crippen molar-refractivity contribution in [2.45, 2.75) is 6.92 Å². The van der Waals surface area contributed by atoms with Gasteiger partial charge in [-0.05, 0) is 18.5 Å². The molecule has 3 N–H and O–H groups in total. The highest BCUT2D eigenvalue weighted by Crippen LogP contribution is 2.29. The molecule has 0 aromatic carbocycles. The Morgan fingerprint density at radius 3 is 2.68 bits per heavy atom. The van der Waals surface area contributed by atoms with Crippen LogP contribution in [0.4, 0.5) is 10.1 Å². The average molecular weight is 298 g/mol. The summed E-state index contributed by atoms with van der Waals surface area (Å²) in [6, 6.07) is 0. The quantitative estimate of drug-likeness (QED) is 0.888. The van der Waals surface area contributed by atoms with Crippen molar-refractivity contribution in [3.05, 3.63) is 22.3 Å². The molecule has 7 nitrogen and oxygen atoms in total. The van der Waals surface area contributed by atoms with Gasteiger partial charge in [-0.25, -0.2) is 9.78 Å². The predicted octanol–water partition coefficient (Wildman–Crippen LogP) is 1.47. The number of carboxylic acids is 1. The lowest BCUT2D eigenvalue weighted by molar-refractivity contribution is 0.0697. The number of hydrogen-bond acceptors (Lipinski definition) is 7. The smallest absolute Gasteiger partial charge is 0.340 e. The van der Waals surface area contributed by atoms with E-state index < -0.39 is 11.9 Å². The van der Waals surface area contributed by atoms with Gasteiger partial charge in [-0.3, -0.25) is 9.69 Å². The molecule has 0 radical (unpaired) electrons. The standard InChI is InChI=1S/C10H10N4O3S2/c1-4-6(9(16)17)8(19-13-4)14(2)7(15)5-3-18-10(11)12-5/h3H,1-2H3,(H2,11,12)(H,16,17). The van der Waals surface area contributed by atoms with E-state index in [4.69, 9.17) is 10.8 Å². The molecule has 9 heteroatoms. The molecule has 19 heavy (non-hydrogen) atoms. The van der Waals surface area contributed by atoms with Crippen molar-refractivity contribution < 1.29 is 14.7 Å². The summed E-state index contributed by atoms with van der Waals surface area (Å²) in [7, 11) is 1.48. The van der Waals surface area contributed by atoms with E-state index in [1.54, 1.807) is 6.92 Å². The molecule has 0 aliphatic carbocycles. The van der Waals surface area contributed by atoms with Crippen LogP contribution in [0.25, 0.3) is 0 Å². The zero-order valence-electron chi connectivity index (χ0n) is 10.1. The van der Waals surface area contributed by atoms with Crippen LogP contribution in [0.2, 0.25) is 0 Å². The molecule has 0 fully saturated rings. The Morgan fingerprint density at radius 2 is 2.16 bits per heavy atom. The normalized spacial score (nSPS) is 10.4. The Bertz CT molecular complexity index is 649. The summed E-state index contributed by atoms with van der Waals surface area (Å²) in [5.74, 6) is -1.53. The zero-order valence-corrected chi connectivity index (χ0v) is 11.7. The predicted molar refractivity (Wildman–Crippen MR) is 73.1 cm³/mol. The number of nitrogens with two attached hydrogens (primary N) is 1. The number of aromatic nitrogens is 2. The maximum absolute atomic E-state index is 12.1. The lowest BCUT2D eigenvalue weighted by Crippen LogP contribution is -2.27. The second-order valence-electron chi connectivity index (χ2n) is 3.69. The number of anilines is 2. The zero-order chi connectivity index (χ0) is 14.2. The van der Waals surface area contributed by atoms with E-state index in [2.05, 4.69) is 9.36 Å². The topological polar surface area (TPSA) is 109 Å². The van der Waals surface area contributed by atoms with Crippen LogP contribution < -0.4 is 10.6 Å². The van der Waals surface area contributed by atoms with Crippen molar-refractivity contribution in [2.24, 2.45) is 0 Å². The summed E-state index contributed by atoms with van der Waals surface area (Å²) in [4.78, 5) is 28.4. The lowest BCUT2D eigenvalue weighted by atomic mass is 10.2. The van der Waals surface area contributed by atoms with Crippen molar-refractivity contribution in [1.82, 2.24) is 9.36 Å². The minimum absolute atomic E-state index is 0.0315. The summed E-state index contributed by atoms with van der Waals surface area (Å²) in [6.45, 7) is 1.59. The van der Waals surface area contributed by atoms with Crippen LogP contribution in [0.1, 0.15) is 26.5 Å². The van der Waals surface area contributed by atoms with E-state index in [1.807, 2.05) is 0 Å². The number of nitrogen functional groups attached to an aromatic ring is 1. The van der Waals surface area contributed by atoms with Gasteiger partial charge in [-0.2, -0.15) is 4.37 Å². The molecule has 0 unspecified atom stereocenters. The number of carbonyl (C=O) groups is 2. The number of rotatable bonds is 3. The molecular weight excluding hydrogens is 288 g/mol. The first-order valence-electron chi connectivity index (χ1n) is 5.10. The monoisotopic (exact) mass is 298 g/mol. The molecular formula is C10H10N4O3S2. The fourth-order valence-electron chi connectivity index (χ4n) is 1.48. The van der Waals surface area contributed by atoms with Gasteiger partial charge in [0, 0.05) is 12.4 Å². The van der Waals surface area contributed by atoms with E-state index in [0.717, 1.165) is 22.9 Å². The molecule has 0 spiro atoms. The molecule has 2 heterocycles. The molecule has 2 aromatic rings. The highest BCUT2D eigenvalue weighted by Gasteiger charge is 2.25. The van der Waals surface area contributed by atoms with E-state index >= 15 is 0 Å². The van der Waals surface area contributed by atoms with Gasteiger partial charge in [0.2, 0.25) is 0 Å². The van der Waals surface area contributed by atoms with Crippen molar-refractivity contribution in [1.29, 1.82) is 0 Å². The molecule has 0 aliphatic rings. The number of aromatic carboxylic acids is 1. The third-order valence-electron chi connectivity index (χ3n) is 2.41. The van der Waals surface area contributed by atoms with Crippen LogP contribution in [0, 0.1) is 6.92 Å². The highest BCUT2D eigenvalue weighted by molar-refractivity contribution is 7.13. The highest BCUT2D eigenvalue weighted by atomic mass is 32.1. The molecule has 100 valence electrons. The van der Waals surface area contributed by atoms with E-state index in [0.29, 0.717) is 5.69 Å². The number of nitrogens with zero attached hydrogens (tertiary/aromatic N) is 3. The molecule has 0 aliphatic heterocycles. The molecule has 0 atom stereocenters. The van der Waals surface area contributed by atoms with E-state index in [1.165, 1.54) is 17.3 Å². The third kappa shape index (κ3) is 2.42. The van der Waals surface area contributed by atoms with Crippen molar-refractivity contribution >= 4 is 44.9 Å². The van der Waals surface area contributed by atoms with Crippen LogP contribution in [0.5, 0.6) is 0 Å². The van der Waals surface area contributed by atoms with Crippen molar-refractivity contribution in [2.75, 3.05) is 17.7 Å². The minimum Gasteiger partial charge on any atom is -0.478 e. The fourth-order valence-corrected chi connectivity index (χ4v) is 2.87. The number of aryl methyl sites for hydroxylation is 1. The Morgan fingerprint density at radius 1 is 1.47 bits per heavy atom. The van der Waals surface area contributed by atoms with Crippen LogP contribution in [0.15, 0.2) is 5.38 Å². The molecule has 2 rings (SSSR count). The molecule has 0 saturated carbocycles. The van der Waals surface area contributed by atoms with Gasteiger partial charge in [0.15, 0.2) is 5.13 Å². The maximum Gasteiger partial charge on any atom is 0.340 e. The first-order valence-corrected chi connectivity index (χ1v) is 6.75. The summed E-state index contributed by atoms with van der Waals surface area (Å²) in [6.07, 6.45) is 0. The number of thiazole rings is 1. The largest absolute Gasteiger partial charge is 0.478 e. The number of hydrogen-bond donors (Lipinski definition) is 2. The van der Waals surface area contributed by atoms with Gasteiger partial charge < -0.3 is 10.8 Å². The van der Waals surface area contributed by atoms with Gasteiger partial charge in [0.1, 0.15) is 16.3 Å². The number of carbonyl (C=O) groups excluding carboxylic acids is 1. The van der Waals surface area contributed by atoms with Crippen molar-refractivity contribution in [3.8, 4) is 0 Å². The minimum atomic E-state index is -1.11. The van der Waals surface area contributed by atoms with Gasteiger partial charge in [-0.1, -0.05) is 0 Å². The van der Waals surface area contributed by atoms with Crippen LogP contribution >= 0.6 is 22.9 Å². The van der Waals surface area contributed by atoms with Crippen LogP contribution in [-0.2, 0) is 0 Å². The number of carboxylic acid groups (broad SMARTS) is 1. The SMILES string of the molecule is Cc1nsc(N(C)C(=O)c2csc(N)n2)c1C(=O)O. The van der Waals surface area contributed by atoms with Gasteiger partial charge in [-0.15, -0.1) is 11.3 Å². The van der Waals surface area contributed by atoms with Gasteiger partial charge >= 0.3 is 5.97 Å². The Balaban J connectivity index is 2.37.